The van der Waals surface area contributed by atoms with Crippen molar-refractivity contribution in [3.05, 3.63) is 52.7 Å². The Morgan fingerprint density at radius 1 is 1.28 bits per heavy atom. The summed E-state index contributed by atoms with van der Waals surface area (Å²) in [5.41, 5.74) is 1.20. The number of nitrogens with zero attached hydrogens (tertiary/aromatic N) is 1. The minimum Gasteiger partial charge on any atom is -0.486 e. The molecule has 29 heavy (non-hydrogen) atoms. The predicted octanol–water partition coefficient (Wildman–Crippen LogP) is 3.78. The SMILES string of the molecule is O=C(/C=C/c1cc(Cl)c2c(c1)OCCO2)NCc1ccnc(OCC(F)(F)F)c1. The molecule has 1 aliphatic rings. The first-order valence-electron chi connectivity index (χ1n) is 8.50. The second-order valence-electron chi connectivity index (χ2n) is 5.98. The van der Waals surface area contributed by atoms with Crippen LogP contribution in [-0.2, 0) is 11.3 Å². The maximum Gasteiger partial charge on any atom is 0.422 e. The number of aromatic nitrogens is 1. The zero-order chi connectivity index (χ0) is 20.9. The fourth-order valence-corrected chi connectivity index (χ4v) is 2.72. The lowest BCUT2D eigenvalue weighted by atomic mass is 10.1. The predicted molar refractivity (Wildman–Crippen MR) is 99.1 cm³/mol. The highest BCUT2D eigenvalue weighted by molar-refractivity contribution is 6.32. The van der Waals surface area contributed by atoms with E-state index in [1.54, 1.807) is 24.3 Å². The van der Waals surface area contributed by atoms with Crippen LogP contribution in [0.25, 0.3) is 6.08 Å². The quantitative estimate of drug-likeness (QED) is 0.709. The molecule has 0 bridgehead atoms. The number of fused-ring (bicyclic) bond motifs is 1. The first-order chi connectivity index (χ1) is 13.8. The molecular weight excluding hydrogens is 413 g/mol. The molecule has 1 amide bonds. The molecule has 154 valence electrons. The molecule has 0 radical (unpaired) electrons. The van der Waals surface area contributed by atoms with Crippen LogP contribution < -0.4 is 19.5 Å². The van der Waals surface area contributed by atoms with Crippen molar-refractivity contribution in [1.29, 1.82) is 0 Å². The molecule has 2 aromatic rings. The lowest BCUT2D eigenvalue weighted by Crippen LogP contribution is -2.21. The minimum absolute atomic E-state index is 0.0932. The van der Waals surface area contributed by atoms with E-state index in [2.05, 4.69) is 15.0 Å². The summed E-state index contributed by atoms with van der Waals surface area (Å²) in [5, 5.41) is 3.01. The Hall–Kier alpha value is -2.94. The van der Waals surface area contributed by atoms with E-state index in [1.165, 1.54) is 18.3 Å². The van der Waals surface area contributed by atoms with Crippen LogP contribution in [0, 0.1) is 0 Å². The molecule has 1 aromatic heterocycles. The topological polar surface area (TPSA) is 69.7 Å². The van der Waals surface area contributed by atoms with E-state index in [0.29, 0.717) is 40.9 Å². The van der Waals surface area contributed by atoms with Gasteiger partial charge in [-0.25, -0.2) is 4.98 Å². The number of pyridine rings is 1. The molecule has 10 heteroatoms. The van der Waals surface area contributed by atoms with Crippen molar-refractivity contribution >= 4 is 23.6 Å². The van der Waals surface area contributed by atoms with E-state index in [1.807, 2.05) is 0 Å². The number of alkyl halides is 3. The van der Waals surface area contributed by atoms with Crippen LogP contribution in [0.2, 0.25) is 5.02 Å². The van der Waals surface area contributed by atoms with Gasteiger partial charge in [0, 0.05) is 24.9 Å². The van der Waals surface area contributed by atoms with Gasteiger partial charge in [0.25, 0.3) is 0 Å². The van der Waals surface area contributed by atoms with Gasteiger partial charge in [-0.15, -0.1) is 0 Å². The number of nitrogens with one attached hydrogen (secondary N) is 1. The molecule has 0 aliphatic carbocycles. The Bertz CT molecular complexity index is 919. The van der Waals surface area contributed by atoms with Gasteiger partial charge in [0.15, 0.2) is 18.1 Å². The van der Waals surface area contributed by atoms with Gasteiger partial charge < -0.3 is 19.5 Å². The molecule has 3 rings (SSSR count). The fourth-order valence-electron chi connectivity index (χ4n) is 2.44. The monoisotopic (exact) mass is 428 g/mol. The second-order valence-corrected chi connectivity index (χ2v) is 6.39. The lowest BCUT2D eigenvalue weighted by Gasteiger charge is -2.19. The van der Waals surface area contributed by atoms with Crippen LogP contribution in [0.4, 0.5) is 13.2 Å². The maximum atomic E-state index is 12.2. The molecule has 0 atom stereocenters. The highest BCUT2D eigenvalue weighted by Gasteiger charge is 2.28. The Morgan fingerprint density at radius 2 is 2.07 bits per heavy atom. The zero-order valence-electron chi connectivity index (χ0n) is 15.0. The smallest absolute Gasteiger partial charge is 0.422 e. The number of carbonyl (C=O) groups is 1. The van der Waals surface area contributed by atoms with Crippen LogP contribution in [0.5, 0.6) is 17.4 Å². The number of carbonyl (C=O) groups excluding carboxylic acids is 1. The van der Waals surface area contributed by atoms with E-state index in [9.17, 15) is 18.0 Å². The summed E-state index contributed by atoms with van der Waals surface area (Å²) >= 11 is 6.14. The number of halogens is 4. The molecule has 0 saturated heterocycles. The van der Waals surface area contributed by atoms with Gasteiger partial charge in [0.05, 0.1) is 5.02 Å². The molecule has 0 fully saturated rings. The molecule has 2 heterocycles. The summed E-state index contributed by atoms with van der Waals surface area (Å²) in [6, 6.07) is 6.24. The van der Waals surface area contributed by atoms with Crippen molar-refractivity contribution in [2.24, 2.45) is 0 Å². The van der Waals surface area contributed by atoms with Crippen LogP contribution in [-0.4, -0.2) is 36.9 Å². The zero-order valence-corrected chi connectivity index (χ0v) is 15.7. The highest BCUT2D eigenvalue weighted by Crippen LogP contribution is 2.38. The van der Waals surface area contributed by atoms with Gasteiger partial charge in [-0.2, -0.15) is 13.2 Å². The van der Waals surface area contributed by atoms with Gasteiger partial charge in [-0.1, -0.05) is 11.6 Å². The molecule has 1 aromatic carbocycles. The molecular formula is C19H16ClF3N2O4. The van der Waals surface area contributed by atoms with E-state index < -0.39 is 18.7 Å². The van der Waals surface area contributed by atoms with E-state index in [0.717, 1.165) is 0 Å². The summed E-state index contributed by atoms with van der Waals surface area (Å²) in [5.74, 6) is 0.411. The van der Waals surface area contributed by atoms with Crippen LogP contribution in [0.15, 0.2) is 36.5 Å². The molecule has 6 nitrogen and oxygen atoms in total. The van der Waals surface area contributed by atoms with Crippen LogP contribution in [0.1, 0.15) is 11.1 Å². The number of ether oxygens (including phenoxy) is 3. The van der Waals surface area contributed by atoms with Crippen molar-refractivity contribution < 1.29 is 32.2 Å². The van der Waals surface area contributed by atoms with Crippen molar-refractivity contribution in [3.8, 4) is 17.4 Å². The average Bonchev–Trinajstić information content (AvgIpc) is 2.69. The van der Waals surface area contributed by atoms with Gasteiger partial charge in [-0.05, 0) is 35.4 Å². The van der Waals surface area contributed by atoms with Gasteiger partial charge in [0.1, 0.15) is 13.2 Å². The van der Waals surface area contributed by atoms with Gasteiger partial charge in [-0.3, -0.25) is 4.79 Å². The molecule has 1 aliphatic heterocycles. The summed E-state index contributed by atoms with van der Waals surface area (Å²) in [4.78, 5) is 15.7. The van der Waals surface area contributed by atoms with E-state index >= 15 is 0 Å². The first-order valence-corrected chi connectivity index (χ1v) is 8.87. The number of hydrogen-bond donors (Lipinski definition) is 1. The maximum absolute atomic E-state index is 12.2. The largest absolute Gasteiger partial charge is 0.486 e. The Morgan fingerprint density at radius 3 is 2.86 bits per heavy atom. The number of benzene rings is 1. The van der Waals surface area contributed by atoms with Crippen molar-refractivity contribution in [1.82, 2.24) is 10.3 Å². The third kappa shape index (κ3) is 6.28. The third-order valence-electron chi connectivity index (χ3n) is 3.70. The Labute approximate surface area is 169 Å². The lowest BCUT2D eigenvalue weighted by molar-refractivity contribution is -0.154. The standard InChI is InChI=1S/C19H16ClF3N2O4/c20-14-7-12(8-15-18(14)28-6-5-27-15)1-2-16(26)25-10-13-3-4-24-17(9-13)29-11-19(21,22)23/h1-4,7-9H,5-6,10-11H2,(H,25,26)/b2-1+. The summed E-state index contributed by atoms with van der Waals surface area (Å²) in [7, 11) is 0. The van der Waals surface area contributed by atoms with Crippen molar-refractivity contribution in [2.75, 3.05) is 19.8 Å². The molecule has 0 spiro atoms. The number of hydrogen-bond acceptors (Lipinski definition) is 5. The normalized spacial score (nSPS) is 13.4. The molecule has 1 N–H and O–H groups in total. The Kier molecular flexibility index (Phi) is 6.48. The number of rotatable bonds is 6. The second kappa shape index (κ2) is 9.04. The van der Waals surface area contributed by atoms with Gasteiger partial charge >= 0.3 is 6.18 Å². The summed E-state index contributed by atoms with van der Waals surface area (Å²) in [6.07, 6.45) is -0.276. The van der Waals surface area contributed by atoms with Gasteiger partial charge in [0.2, 0.25) is 11.8 Å². The van der Waals surface area contributed by atoms with Crippen LogP contribution in [0.3, 0.4) is 0 Å². The molecule has 0 saturated carbocycles. The first kappa shape index (κ1) is 20.8. The van der Waals surface area contributed by atoms with E-state index in [4.69, 9.17) is 21.1 Å². The molecule has 0 unspecified atom stereocenters. The van der Waals surface area contributed by atoms with Crippen molar-refractivity contribution in [3.63, 3.8) is 0 Å². The minimum atomic E-state index is -4.45. The fraction of sp³-hybridized carbons (Fsp3) is 0.263. The highest BCUT2D eigenvalue weighted by atomic mass is 35.5. The van der Waals surface area contributed by atoms with Crippen LogP contribution >= 0.6 is 11.6 Å². The van der Waals surface area contributed by atoms with Crippen molar-refractivity contribution in [2.45, 2.75) is 12.7 Å². The average molecular weight is 429 g/mol. The summed E-state index contributed by atoms with van der Waals surface area (Å²) in [6.45, 7) is -0.507. The number of amides is 1. The summed E-state index contributed by atoms with van der Waals surface area (Å²) < 4.78 is 52.1. The van der Waals surface area contributed by atoms with E-state index in [-0.39, 0.29) is 12.4 Å². The third-order valence-corrected chi connectivity index (χ3v) is 3.98. The Balaban J connectivity index is 1.56.